The fourth-order valence-corrected chi connectivity index (χ4v) is 4.29. The van der Waals surface area contributed by atoms with E-state index in [1.165, 1.54) is 7.05 Å². The van der Waals surface area contributed by atoms with Gasteiger partial charge in [-0.05, 0) is 66.1 Å². The second kappa shape index (κ2) is 10.3. The molecular weight excluding hydrogens is 476 g/mol. The normalized spacial score (nSPS) is 11.5. The number of carbonyl (C=O) groups excluding carboxylic acids is 1. The molecule has 5 aromatic rings. The summed E-state index contributed by atoms with van der Waals surface area (Å²) in [6.07, 6.45) is 1.77. The number of para-hydroxylation sites is 1. The third-order valence-electron chi connectivity index (χ3n) is 6.28. The zero-order valence-electron chi connectivity index (χ0n) is 20.8. The Hall–Kier alpha value is -5.42. The van der Waals surface area contributed by atoms with Gasteiger partial charge in [0.05, 0.1) is 16.6 Å². The number of nitrogens with one attached hydrogen (secondary N) is 2. The summed E-state index contributed by atoms with van der Waals surface area (Å²) >= 11 is 0. The van der Waals surface area contributed by atoms with Gasteiger partial charge < -0.3 is 15.8 Å². The monoisotopic (exact) mass is 500 g/mol. The molecule has 0 fully saturated rings. The Labute approximate surface area is 219 Å². The van der Waals surface area contributed by atoms with Crippen molar-refractivity contribution in [1.82, 2.24) is 20.5 Å². The minimum absolute atomic E-state index is 0.0637. The predicted octanol–water partition coefficient (Wildman–Crippen LogP) is 5.71. The van der Waals surface area contributed by atoms with Crippen LogP contribution in [0.15, 0.2) is 90.6 Å². The second-order valence-electron chi connectivity index (χ2n) is 8.59. The topological polar surface area (TPSA) is 130 Å². The number of nitriles is 1. The fraction of sp³-hybridized carbons (Fsp3) is 0.0667. The van der Waals surface area contributed by atoms with E-state index in [0.717, 1.165) is 33.5 Å². The van der Waals surface area contributed by atoms with Crippen LogP contribution in [-0.4, -0.2) is 28.1 Å². The van der Waals surface area contributed by atoms with Crippen molar-refractivity contribution in [2.75, 3.05) is 12.8 Å². The highest BCUT2D eigenvalue weighted by Crippen LogP contribution is 2.37. The molecule has 0 radical (unpaired) electrons. The van der Waals surface area contributed by atoms with E-state index in [1.807, 2.05) is 84.9 Å². The summed E-state index contributed by atoms with van der Waals surface area (Å²) in [5, 5.41) is 20.0. The molecule has 8 heteroatoms. The molecule has 0 spiro atoms. The van der Waals surface area contributed by atoms with E-state index in [9.17, 15) is 10.1 Å². The summed E-state index contributed by atoms with van der Waals surface area (Å²) in [5.74, 6) is 1.38. The number of nitrogen functional groups attached to an aromatic ring is 1. The van der Waals surface area contributed by atoms with Crippen LogP contribution in [0.3, 0.4) is 0 Å². The molecule has 2 heterocycles. The van der Waals surface area contributed by atoms with Gasteiger partial charge in [0, 0.05) is 24.4 Å². The Kier molecular flexibility index (Phi) is 6.57. The van der Waals surface area contributed by atoms with E-state index in [1.54, 1.807) is 13.1 Å². The number of allylic oxidation sites excluding steroid dienone is 1. The van der Waals surface area contributed by atoms with Crippen LogP contribution in [0.5, 0.6) is 11.5 Å². The van der Waals surface area contributed by atoms with Crippen molar-refractivity contribution in [3.63, 3.8) is 0 Å². The van der Waals surface area contributed by atoms with Crippen LogP contribution in [0.25, 0.3) is 38.9 Å². The van der Waals surface area contributed by atoms with Crippen LogP contribution >= 0.6 is 0 Å². The molecule has 5 rings (SSSR count). The van der Waals surface area contributed by atoms with Gasteiger partial charge in [0.15, 0.2) is 5.82 Å². The zero-order chi connectivity index (χ0) is 26.6. The van der Waals surface area contributed by atoms with Crippen LogP contribution in [0, 0.1) is 11.3 Å². The average molecular weight is 501 g/mol. The first kappa shape index (κ1) is 24.3. The molecular formula is C30H24N6O2. The van der Waals surface area contributed by atoms with Gasteiger partial charge in [-0.25, -0.2) is 0 Å². The van der Waals surface area contributed by atoms with E-state index < -0.39 is 5.91 Å². The molecule has 0 aliphatic heterocycles. The number of nitrogens with two attached hydrogens (primary N) is 1. The highest BCUT2D eigenvalue weighted by Gasteiger charge is 2.18. The Morgan fingerprint density at radius 3 is 2.45 bits per heavy atom. The lowest BCUT2D eigenvalue weighted by molar-refractivity contribution is -0.116. The van der Waals surface area contributed by atoms with Crippen molar-refractivity contribution >= 4 is 28.2 Å². The van der Waals surface area contributed by atoms with E-state index in [-0.39, 0.29) is 5.57 Å². The van der Waals surface area contributed by atoms with Crippen LogP contribution in [0.2, 0.25) is 0 Å². The number of nitrogens with zero attached hydrogens (tertiary/aromatic N) is 3. The highest BCUT2D eigenvalue weighted by atomic mass is 16.5. The second-order valence-corrected chi connectivity index (χ2v) is 8.59. The van der Waals surface area contributed by atoms with Crippen molar-refractivity contribution in [3.05, 3.63) is 96.2 Å². The number of aromatic amines is 1. The third-order valence-corrected chi connectivity index (χ3v) is 6.28. The first-order valence-corrected chi connectivity index (χ1v) is 11.9. The summed E-state index contributed by atoms with van der Waals surface area (Å²) in [4.78, 5) is 16.9. The highest BCUT2D eigenvalue weighted by molar-refractivity contribution is 6.07. The molecule has 0 bridgehead atoms. The maximum absolute atomic E-state index is 12.1. The van der Waals surface area contributed by atoms with Gasteiger partial charge >= 0.3 is 0 Å². The number of aromatic nitrogens is 3. The minimum Gasteiger partial charge on any atom is -0.457 e. The van der Waals surface area contributed by atoms with Crippen LogP contribution in [0.1, 0.15) is 12.5 Å². The molecule has 0 aliphatic carbocycles. The number of rotatable bonds is 6. The first-order valence-electron chi connectivity index (χ1n) is 11.9. The molecule has 38 heavy (non-hydrogen) atoms. The number of pyridine rings is 1. The van der Waals surface area contributed by atoms with Crippen LogP contribution in [-0.2, 0) is 4.79 Å². The molecule has 1 amide bonds. The predicted molar refractivity (Wildman–Crippen MR) is 148 cm³/mol. The summed E-state index contributed by atoms with van der Waals surface area (Å²) < 4.78 is 5.91. The number of hydrogen-bond acceptors (Lipinski definition) is 6. The van der Waals surface area contributed by atoms with Crippen LogP contribution in [0.4, 0.5) is 5.82 Å². The number of amides is 1. The van der Waals surface area contributed by atoms with Crippen LogP contribution < -0.4 is 15.8 Å². The Morgan fingerprint density at radius 1 is 1.00 bits per heavy atom. The molecule has 186 valence electrons. The first-order chi connectivity index (χ1) is 18.5. The number of likely N-dealkylation sites (N-methyl/N-ethyl adjacent to an activating group) is 1. The fourth-order valence-electron chi connectivity index (χ4n) is 4.29. The van der Waals surface area contributed by atoms with Gasteiger partial charge in [0.2, 0.25) is 0 Å². The molecule has 4 N–H and O–H groups in total. The van der Waals surface area contributed by atoms with E-state index in [0.29, 0.717) is 28.2 Å². The number of anilines is 1. The SMILES string of the molecule is CNC(=O)/C(C#N)=C(\C)c1cccc(-c2cnc(-c3ccc(Oc4ccccc4)cc3)c3c(N)n[nH]c23)c1. The summed E-state index contributed by atoms with van der Waals surface area (Å²) in [7, 11) is 1.50. The Morgan fingerprint density at radius 2 is 1.74 bits per heavy atom. The smallest absolute Gasteiger partial charge is 0.261 e. The number of benzene rings is 3. The molecule has 2 aromatic heterocycles. The maximum Gasteiger partial charge on any atom is 0.261 e. The van der Waals surface area contributed by atoms with Crippen molar-refractivity contribution in [1.29, 1.82) is 5.26 Å². The summed E-state index contributed by atoms with van der Waals surface area (Å²) in [6, 6.07) is 26.8. The molecule has 0 atom stereocenters. The lowest BCUT2D eigenvalue weighted by Gasteiger charge is -2.11. The van der Waals surface area contributed by atoms with Crippen molar-refractivity contribution in [2.45, 2.75) is 6.92 Å². The van der Waals surface area contributed by atoms with Gasteiger partial charge in [-0.2, -0.15) is 10.4 Å². The number of ether oxygens (including phenoxy) is 1. The molecule has 0 unspecified atom stereocenters. The Bertz CT molecular complexity index is 1710. The van der Waals surface area contributed by atoms with E-state index in [4.69, 9.17) is 15.5 Å². The lowest BCUT2D eigenvalue weighted by Crippen LogP contribution is -2.20. The average Bonchev–Trinajstić information content (AvgIpc) is 3.35. The third kappa shape index (κ3) is 4.56. The van der Waals surface area contributed by atoms with E-state index in [2.05, 4.69) is 15.5 Å². The van der Waals surface area contributed by atoms with Gasteiger partial charge in [-0.15, -0.1) is 0 Å². The molecule has 8 nitrogen and oxygen atoms in total. The summed E-state index contributed by atoms with van der Waals surface area (Å²) in [6.45, 7) is 1.75. The van der Waals surface area contributed by atoms with Crippen molar-refractivity contribution in [2.24, 2.45) is 0 Å². The quantitative estimate of drug-likeness (QED) is 0.202. The minimum atomic E-state index is -0.426. The van der Waals surface area contributed by atoms with Gasteiger partial charge in [-0.3, -0.25) is 14.9 Å². The number of H-pyrrole nitrogens is 1. The molecule has 0 saturated heterocycles. The largest absolute Gasteiger partial charge is 0.457 e. The molecule has 3 aromatic carbocycles. The van der Waals surface area contributed by atoms with Crippen molar-refractivity contribution in [3.8, 4) is 40.0 Å². The number of hydrogen-bond donors (Lipinski definition) is 3. The summed E-state index contributed by atoms with van der Waals surface area (Å²) in [5.41, 5.74) is 11.6. The maximum atomic E-state index is 12.1. The van der Waals surface area contributed by atoms with Gasteiger partial charge in [0.1, 0.15) is 23.1 Å². The Balaban J connectivity index is 1.54. The number of fused-ring (bicyclic) bond motifs is 1. The van der Waals surface area contributed by atoms with E-state index >= 15 is 0 Å². The lowest BCUT2D eigenvalue weighted by atomic mass is 9.96. The van der Waals surface area contributed by atoms with Gasteiger partial charge in [-0.1, -0.05) is 36.4 Å². The standard InChI is InChI=1S/C30H24N6O2/c1-18(24(16-31)30(37)33-2)20-7-6-8-21(15-20)25-17-34-27(26-28(25)35-36-29(26)32)19-11-13-23(14-12-19)38-22-9-4-3-5-10-22/h3-15,17H,1-2H3,(H,33,37)(H3,32,35,36)/b24-18+. The molecule has 0 aliphatic rings. The number of carbonyl (C=O) groups is 1. The van der Waals surface area contributed by atoms with Gasteiger partial charge in [0.25, 0.3) is 5.91 Å². The zero-order valence-corrected chi connectivity index (χ0v) is 20.8. The van der Waals surface area contributed by atoms with Crippen molar-refractivity contribution < 1.29 is 9.53 Å². The molecule has 0 saturated carbocycles.